The van der Waals surface area contributed by atoms with Crippen LogP contribution >= 0.6 is 7.82 Å². The summed E-state index contributed by atoms with van der Waals surface area (Å²) in [7, 11) is 1.44. The van der Waals surface area contributed by atoms with E-state index in [9.17, 15) is 19.0 Å². The van der Waals surface area contributed by atoms with E-state index in [4.69, 9.17) is 13.8 Å². The summed E-state index contributed by atoms with van der Waals surface area (Å²) in [6.45, 7) is 6.71. The van der Waals surface area contributed by atoms with Crippen LogP contribution in [0.2, 0.25) is 0 Å². The van der Waals surface area contributed by atoms with Crippen LogP contribution in [-0.4, -0.2) is 74.3 Å². The lowest BCUT2D eigenvalue weighted by molar-refractivity contribution is -0.870. The minimum atomic E-state index is -4.47. The standard InChI is InChI=1S/C61H105N2O7P/c1-7-10-13-16-19-22-25-28-30-32-34-36-39-42-45-48-51-54-61(65)70-59(52-49-46-43-40-37-27-24-21-18-15-12-9-3)58(57-69-71(66,67)68-56-55-63(4,5)6)62-60(64)53-50-47-44-41-38-35-33-31-29-26-23-20-17-14-11-8-2/h10-11,13-14,19-20,22-23,28-31,34,36,42,45,49,52,58-59H,7-9,12,15-18,21,24-27,32-33,35,37-41,43-44,46-48,50-51,53-57H2,1-6H3,(H-,62,64,66,67)/p+1/b13-10-,14-11+,22-19-,23-20+,30-28-,31-29+,36-34-,45-42-,52-49+. The Labute approximate surface area is 436 Å². The predicted molar refractivity (Wildman–Crippen MR) is 304 cm³/mol. The second kappa shape index (κ2) is 50.2. The van der Waals surface area contributed by atoms with E-state index in [-0.39, 0.29) is 31.5 Å². The summed E-state index contributed by atoms with van der Waals surface area (Å²) in [6, 6.07) is -0.884. The molecule has 0 saturated carbocycles. The van der Waals surface area contributed by atoms with Crippen molar-refractivity contribution in [1.29, 1.82) is 0 Å². The lowest BCUT2D eigenvalue weighted by atomic mass is 10.0. The van der Waals surface area contributed by atoms with E-state index in [1.165, 1.54) is 51.4 Å². The van der Waals surface area contributed by atoms with Crippen LogP contribution in [0.25, 0.3) is 0 Å². The second-order valence-electron chi connectivity index (χ2n) is 19.7. The molecule has 0 spiro atoms. The molecular formula is C61H106N2O7P+. The molecule has 0 bridgehead atoms. The van der Waals surface area contributed by atoms with Crippen LogP contribution in [0.5, 0.6) is 0 Å². The summed E-state index contributed by atoms with van der Waals surface area (Å²) >= 11 is 0. The third-order valence-electron chi connectivity index (χ3n) is 11.7. The topological polar surface area (TPSA) is 111 Å². The first-order valence-electron chi connectivity index (χ1n) is 28.2. The van der Waals surface area contributed by atoms with E-state index < -0.39 is 20.0 Å². The van der Waals surface area contributed by atoms with Crippen molar-refractivity contribution >= 4 is 19.7 Å². The molecule has 0 aromatic carbocycles. The minimum Gasteiger partial charge on any atom is -0.456 e. The number of nitrogens with one attached hydrogen (secondary N) is 1. The SMILES string of the molecule is CC/C=C\C/C=C\C/C=C\C/C=C\C/C=C\CCCC(=O)OC(/C=C/CCCCCCCCCCCC)C(COP(=O)(O)OCC[N+](C)(C)C)NC(=O)CCCCCCCC/C=C/C/C=C/C/C=C/CC. The molecule has 9 nitrogen and oxygen atoms in total. The van der Waals surface area contributed by atoms with Crippen molar-refractivity contribution in [2.45, 2.75) is 226 Å². The largest absolute Gasteiger partial charge is 0.472 e. The molecule has 0 aromatic rings. The van der Waals surface area contributed by atoms with Crippen LogP contribution in [-0.2, 0) is 27.9 Å². The number of hydrogen-bond donors (Lipinski definition) is 2. The first-order chi connectivity index (χ1) is 34.4. The molecule has 0 radical (unpaired) electrons. The molecule has 0 fully saturated rings. The predicted octanol–water partition coefficient (Wildman–Crippen LogP) is 17.0. The fraction of sp³-hybridized carbons (Fsp3) is 0.672. The summed E-state index contributed by atoms with van der Waals surface area (Å²) in [6.07, 6.45) is 68.0. The summed E-state index contributed by atoms with van der Waals surface area (Å²) in [4.78, 5) is 37.5. The highest BCUT2D eigenvalue weighted by molar-refractivity contribution is 7.47. The molecule has 0 aliphatic heterocycles. The van der Waals surface area contributed by atoms with Gasteiger partial charge in [0.2, 0.25) is 5.91 Å². The normalized spacial score (nSPS) is 14.6. The third-order valence-corrected chi connectivity index (χ3v) is 12.7. The first-order valence-corrected chi connectivity index (χ1v) is 29.7. The molecule has 3 unspecified atom stereocenters. The number of carbonyl (C=O) groups is 2. The zero-order valence-electron chi connectivity index (χ0n) is 46.2. The van der Waals surface area contributed by atoms with Gasteiger partial charge in [0, 0.05) is 12.8 Å². The van der Waals surface area contributed by atoms with Crippen LogP contribution in [0.3, 0.4) is 0 Å². The molecule has 10 heteroatoms. The Balaban J connectivity index is 5.49. The highest BCUT2D eigenvalue weighted by Gasteiger charge is 2.30. The van der Waals surface area contributed by atoms with Gasteiger partial charge in [-0.15, -0.1) is 0 Å². The maximum atomic E-state index is 13.5. The Hall–Kier alpha value is -3.33. The number of carbonyl (C=O) groups excluding carboxylic acids is 2. The third kappa shape index (κ3) is 51.4. The summed E-state index contributed by atoms with van der Waals surface area (Å²) in [5.41, 5.74) is 0. The van der Waals surface area contributed by atoms with Crippen LogP contribution in [0.15, 0.2) is 109 Å². The Morgan fingerprint density at radius 1 is 0.507 bits per heavy atom. The van der Waals surface area contributed by atoms with Gasteiger partial charge in [-0.25, -0.2) is 4.57 Å². The van der Waals surface area contributed by atoms with Gasteiger partial charge in [0.15, 0.2) is 0 Å². The maximum absolute atomic E-state index is 13.5. The highest BCUT2D eigenvalue weighted by Crippen LogP contribution is 2.43. The van der Waals surface area contributed by atoms with Crippen molar-refractivity contribution in [3.05, 3.63) is 109 Å². The number of rotatable bonds is 49. The number of phosphoric ester groups is 1. The van der Waals surface area contributed by atoms with E-state index in [2.05, 4.69) is 123 Å². The lowest BCUT2D eigenvalue weighted by Crippen LogP contribution is -2.47. The average molecular weight is 1010 g/mol. The maximum Gasteiger partial charge on any atom is 0.472 e. The molecule has 2 N–H and O–H groups in total. The molecule has 0 aromatic heterocycles. The van der Waals surface area contributed by atoms with E-state index in [1.54, 1.807) is 0 Å². The number of allylic oxidation sites excluding steroid dienone is 17. The molecule has 1 amide bonds. The lowest BCUT2D eigenvalue weighted by Gasteiger charge is -2.27. The van der Waals surface area contributed by atoms with Gasteiger partial charge in [0.25, 0.3) is 0 Å². The monoisotopic (exact) mass is 1010 g/mol. The number of likely N-dealkylation sites (N-methyl/N-ethyl adjacent to an activating group) is 1. The molecule has 71 heavy (non-hydrogen) atoms. The van der Waals surface area contributed by atoms with Gasteiger partial charge in [0.05, 0.1) is 33.8 Å². The molecule has 0 aliphatic carbocycles. The Bertz CT molecular complexity index is 1580. The van der Waals surface area contributed by atoms with Gasteiger partial charge in [-0.3, -0.25) is 18.6 Å². The van der Waals surface area contributed by atoms with Crippen LogP contribution in [0, 0.1) is 0 Å². The summed E-state index contributed by atoms with van der Waals surface area (Å²) in [5.74, 6) is -0.597. The summed E-state index contributed by atoms with van der Waals surface area (Å²) in [5, 5.41) is 3.02. The molecule has 0 saturated heterocycles. The smallest absolute Gasteiger partial charge is 0.456 e. The number of phosphoric acid groups is 1. The number of quaternary nitrogens is 1. The minimum absolute atomic E-state index is 0.0229. The van der Waals surface area contributed by atoms with E-state index in [0.29, 0.717) is 23.9 Å². The number of ether oxygens (including phenoxy) is 1. The van der Waals surface area contributed by atoms with E-state index in [0.717, 1.165) is 122 Å². The van der Waals surface area contributed by atoms with Gasteiger partial charge >= 0.3 is 13.8 Å². The first kappa shape index (κ1) is 67.7. The fourth-order valence-corrected chi connectivity index (χ4v) is 8.14. The molecule has 0 heterocycles. The number of unbranched alkanes of at least 4 members (excludes halogenated alkanes) is 17. The molecule has 0 aliphatic rings. The van der Waals surface area contributed by atoms with E-state index in [1.807, 2.05) is 33.3 Å². The van der Waals surface area contributed by atoms with Gasteiger partial charge in [-0.2, -0.15) is 0 Å². The van der Waals surface area contributed by atoms with Crippen molar-refractivity contribution in [3.8, 4) is 0 Å². The van der Waals surface area contributed by atoms with Crippen molar-refractivity contribution in [2.75, 3.05) is 40.9 Å². The van der Waals surface area contributed by atoms with Crippen molar-refractivity contribution < 1.29 is 37.3 Å². The van der Waals surface area contributed by atoms with Crippen LogP contribution in [0.1, 0.15) is 213 Å². The fourth-order valence-electron chi connectivity index (χ4n) is 7.40. The van der Waals surface area contributed by atoms with Gasteiger partial charge in [-0.05, 0) is 102 Å². The van der Waals surface area contributed by atoms with E-state index >= 15 is 0 Å². The van der Waals surface area contributed by atoms with Crippen molar-refractivity contribution in [2.24, 2.45) is 0 Å². The quantitative estimate of drug-likeness (QED) is 0.0205. The zero-order valence-corrected chi connectivity index (χ0v) is 47.1. The second-order valence-corrected chi connectivity index (χ2v) is 21.1. The molecule has 0 rings (SSSR count). The molecular weight excluding hydrogens is 904 g/mol. The Kier molecular flexibility index (Phi) is 47.9. The summed E-state index contributed by atoms with van der Waals surface area (Å²) < 4.78 is 30.5. The van der Waals surface area contributed by atoms with Crippen LogP contribution in [0.4, 0.5) is 0 Å². The molecule has 3 atom stereocenters. The number of amides is 1. The zero-order chi connectivity index (χ0) is 52.2. The number of nitrogens with zero attached hydrogens (tertiary/aromatic N) is 1. The van der Waals surface area contributed by atoms with Gasteiger partial charge in [-0.1, -0.05) is 208 Å². The number of hydrogen-bond acceptors (Lipinski definition) is 6. The van der Waals surface area contributed by atoms with Crippen molar-refractivity contribution in [1.82, 2.24) is 5.32 Å². The van der Waals surface area contributed by atoms with Gasteiger partial charge in [0.1, 0.15) is 19.3 Å². The Morgan fingerprint density at radius 3 is 1.38 bits per heavy atom. The highest BCUT2D eigenvalue weighted by atomic mass is 31.2. The average Bonchev–Trinajstić information content (AvgIpc) is 3.33. The van der Waals surface area contributed by atoms with Gasteiger partial charge < -0.3 is 19.4 Å². The van der Waals surface area contributed by atoms with Crippen molar-refractivity contribution in [3.63, 3.8) is 0 Å². The Morgan fingerprint density at radius 2 is 0.915 bits per heavy atom. The number of esters is 1. The molecule has 406 valence electrons. The van der Waals surface area contributed by atoms with Crippen LogP contribution < -0.4 is 5.32 Å².